The van der Waals surface area contributed by atoms with Gasteiger partial charge in [-0.2, -0.15) is 0 Å². The molecule has 0 radical (unpaired) electrons. The lowest BCUT2D eigenvalue weighted by molar-refractivity contribution is 0.0511. The highest BCUT2D eigenvalue weighted by Gasteiger charge is 2.18. The number of carbonyl (C=O) groups is 1. The standard InChI is InChI=1S/C13H29N3O3/c1-13(2,3)19-12(17)15-10-11(9-14)16(4)7-6-8-18-5/h11H,6-10,14H2,1-5H3,(H,15,17). The number of amides is 1. The van der Waals surface area contributed by atoms with Crippen LogP contribution in [0.5, 0.6) is 0 Å². The molecule has 114 valence electrons. The third kappa shape index (κ3) is 9.69. The van der Waals surface area contributed by atoms with Gasteiger partial charge in [0, 0.05) is 39.4 Å². The Hall–Kier alpha value is -0.850. The largest absolute Gasteiger partial charge is 0.444 e. The van der Waals surface area contributed by atoms with Crippen LogP contribution in [0, 0.1) is 0 Å². The molecule has 0 saturated carbocycles. The van der Waals surface area contributed by atoms with E-state index in [4.69, 9.17) is 15.2 Å². The lowest BCUT2D eigenvalue weighted by atomic mass is 10.2. The Kier molecular flexibility index (Phi) is 8.71. The Morgan fingerprint density at radius 3 is 2.53 bits per heavy atom. The number of methoxy groups -OCH3 is 1. The number of alkyl carbamates (subject to hydrolysis) is 1. The van der Waals surface area contributed by atoms with E-state index in [0.29, 0.717) is 13.1 Å². The number of ether oxygens (including phenoxy) is 2. The second-order valence-corrected chi connectivity index (χ2v) is 5.60. The zero-order valence-corrected chi connectivity index (χ0v) is 12.9. The zero-order valence-electron chi connectivity index (χ0n) is 12.9. The predicted molar refractivity (Wildman–Crippen MR) is 76.2 cm³/mol. The molecular formula is C13H29N3O3. The molecule has 0 spiro atoms. The fraction of sp³-hybridized carbons (Fsp3) is 0.923. The van der Waals surface area contributed by atoms with Crippen molar-refractivity contribution in [3.8, 4) is 0 Å². The number of nitrogens with two attached hydrogens (primary N) is 1. The molecule has 0 aliphatic rings. The van der Waals surface area contributed by atoms with E-state index in [1.807, 2.05) is 27.8 Å². The maximum atomic E-state index is 11.5. The molecule has 0 aromatic carbocycles. The first kappa shape index (κ1) is 18.1. The van der Waals surface area contributed by atoms with E-state index >= 15 is 0 Å². The normalized spacial score (nSPS) is 13.4. The van der Waals surface area contributed by atoms with Crippen LogP contribution in [0.15, 0.2) is 0 Å². The van der Waals surface area contributed by atoms with Gasteiger partial charge in [0.25, 0.3) is 0 Å². The summed E-state index contributed by atoms with van der Waals surface area (Å²) in [6, 6.07) is 0.101. The molecule has 0 heterocycles. The van der Waals surface area contributed by atoms with E-state index < -0.39 is 11.7 Å². The van der Waals surface area contributed by atoms with Crippen LogP contribution >= 0.6 is 0 Å². The zero-order chi connectivity index (χ0) is 14.9. The highest BCUT2D eigenvalue weighted by Crippen LogP contribution is 2.06. The average molecular weight is 275 g/mol. The number of nitrogens with one attached hydrogen (secondary N) is 1. The first-order valence-corrected chi connectivity index (χ1v) is 6.66. The number of carbonyl (C=O) groups excluding carboxylic acids is 1. The van der Waals surface area contributed by atoms with Gasteiger partial charge in [0.1, 0.15) is 5.60 Å². The maximum absolute atomic E-state index is 11.5. The van der Waals surface area contributed by atoms with Crippen molar-refractivity contribution < 1.29 is 14.3 Å². The van der Waals surface area contributed by atoms with Crippen molar-refractivity contribution in [3.05, 3.63) is 0 Å². The molecule has 0 aliphatic heterocycles. The Morgan fingerprint density at radius 2 is 2.05 bits per heavy atom. The molecule has 19 heavy (non-hydrogen) atoms. The van der Waals surface area contributed by atoms with Crippen LogP contribution in [0.1, 0.15) is 27.2 Å². The van der Waals surface area contributed by atoms with Crippen molar-refractivity contribution in [1.29, 1.82) is 0 Å². The van der Waals surface area contributed by atoms with E-state index in [1.54, 1.807) is 7.11 Å². The van der Waals surface area contributed by atoms with Crippen LogP contribution in [0.3, 0.4) is 0 Å². The monoisotopic (exact) mass is 275 g/mol. The van der Waals surface area contributed by atoms with Crippen LogP contribution in [0.4, 0.5) is 4.79 Å². The van der Waals surface area contributed by atoms with Crippen LogP contribution in [-0.2, 0) is 9.47 Å². The summed E-state index contributed by atoms with van der Waals surface area (Å²) >= 11 is 0. The predicted octanol–water partition coefficient (Wildman–Crippen LogP) is 0.807. The van der Waals surface area contributed by atoms with E-state index in [2.05, 4.69) is 10.2 Å². The molecule has 0 aromatic heterocycles. The van der Waals surface area contributed by atoms with E-state index in [0.717, 1.165) is 19.6 Å². The first-order valence-electron chi connectivity index (χ1n) is 6.66. The number of nitrogens with zero attached hydrogens (tertiary/aromatic N) is 1. The van der Waals surface area contributed by atoms with Gasteiger partial charge in [0.05, 0.1) is 0 Å². The lowest BCUT2D eigenvalue weighted by Crippen LogP contribution is -2.47. The Balaban J connectivity index is 4.01. The summed E-state index contributed by atoms with van der Waals surface area (Å²) in [7, 11) is 3.68. The van der Waals surface area contributed by atoms with Crippen LogP contribution in [-0.4, -0.2) is 63.0 Å². The Labute approximate surface area is 116 Å². The minimum atomic E-state index is -0.480. The van der Waals surface area contributed by atoms with Gasteiger partial charge in [-0.15, -0.1) is 0 Å². The molecule has 1 atom stereocenters. The van der Waals surface area contributed by atoms with Crippen molar-refractivity contribution in [2.24, 2.45) is 5.73 Å². The number of rotatable bonds is 8. The highest BCUT2D eigenvalue weighted by atomic mass is 16.6. The third-order valence-corrected chi connectivity index (χ3v) is 2.64. The van der Waals surface area contributed by atoms with Crippen LogP contribution < -0.4 is 11.1 Å². The second-order valence-electron chi connectivity index (χ2n) is 5.60. The summed E-state index contributed by atoms with van der Waals surface area (Å²) in [4.78, 5) is 13.7. The SMILES string of the molecule is COCCCN(C)C(CN)CNC(=O)OC(C)(C)C. The summed E-state index contributed by atoms with van der Waals surface area (Å²) in [6.45, 7) is 8.08. The minimum absolute atomic E-state index is 0.101. The van der Waals surface area contributed by atoms with Crippen molar-refractivity contribution in [2.75, 3.05) is 40.4 Å². The molecule has 0 saturated heterocycles. The van der Waals surface area contributed by atoms with Gasteiger partial charge in [0.15, 0.2) is 0 Å². The van der Waals surface area contributed by atoms with Crippen molar-refractivity contribution in [3.63, 3.8) is 0 Å². The smallest absolute Gasteiger partial charge is 0.407 e. The molecule has 0 aliphatic carbocycles. The van der Waals surface area contributed by atoms with Crippen LogP contribution in [0.2, 0.25) is 0 Å². The first-order chi connectivity index (χ1) is 8.80. The van der Waals surface area contributed by atoms with Gasteiger partial charge in [0.2, 0.25) is 0 Å². The summed E-state index contributed by atoms with van der Waals surface area (Å²) in [6.07, 6.45) is 0.534. The lowest BCUT2D eigenvalue weighted by Gasteiger charge is -2.27. The quantitative estimate of drug-likeness (QED) is 0.641. The molecule has 1 amide bonds. The van der Waals surface area contributed by atoms with Gasteiger partial charge in [-0.05, 0) is 34.2 Å². The molecule has 0 rings (SSSR count). The molecule has 0 fully saturated rings. The summed E-state index contributed by atoms with van der Waals surface area (Å²) < 4.78 is 10.2. The molecule has 0 bridgehead atoms. The Morgan fingerprint density at radius 1 is 1.42 bits per heavy atom. The summed E-state index contributed by atoms with van der Waals surface area (Å²) in [5, 5.41) is 2.75. The van der Waals surface area contributed by atoms with Crippen molar-refractivity contribution in [1.82, 2.24) is 10.2 Å². The van der Waals surface area contributed by atoms with Crippen molar-refractivity contribution in [2.45, 2.75) is 38.8 Å². The molecule has 0 aromatic rings. The van der Waals surface area contributed by atoms with Gasteiger partial charge in [-0.3, -0.25) is 0 Å². The van der Waals surface area contributed by atoms with E-state index in [1.165, 1.54) is 0 Å². The van der Waals surface area contributed by atoms with E-state index in [9.17, 15) is 4.79 Å². The van der Waals surface area contributed by atoms with Gasteiger partial charge < -0.3 is 25.4 Å². The fourth-order valence-electron chi connectivity index (χ4n) is 1.58. The number of likely N-dealkylation sites (N-methyl/N-ethyl adjacent to an activating group) is 1. The van der Waals surface area contributed by atoms with Gasteiger partial charge >= 0.3 is 6.09 Å². The summed E-state index contributed by atoms with van der Waals surface area (Å²) in [5.41, 5.74) is 5.25. The molecular weight excluding hydrogens is 246 g/mol. The van der Waals surface area contributed by atoms with Crippen molar-refractivity contribution >= 4 is 6.09 Å². The number of hydrogen-bond acceptors (Lipinski definition) is 5. The molecule has 6 nitrogen and oxygen atoms in total. The Bertz CT molecular complexity index is 254. The highest BCUT2D eigenvalue weighted by molar-refractivity contribution is 5.67. The molecule has 1 unspecified atom stereocenters. The van der Waals surface area contributed by atoms with Gasteiger partial charge in [-0.25, -0.2) is 4.79 Å². The molecule has 6 heteroatoms. The minimum Gasteiger partial charge on any atom is -0.444 e. The average Bonchev–Trinajstić information content (AvgIpc) is 2.27. The number of hydrogen-bond donors (Lipinski definition) is 2. The van der Waals surface area contributed by atoms with E-state index in [-0.39, 0.29) is 6.04 Å². The third-order valence-electron chi connectivity index (χ3n) is 2.64. The second kappa shape index (κ2) is 9.12. The molecule has 3 N–H and O–H groups in total. The topological polar surface area (TPSA) is 76.8 Å². The maximum Gasteiger partial charge on any atom is 0.407 e. The van der Waals surface area contributed by atoms with Gasteiger partial charge in [-0.1, -0.05) is 0 Å². The fourth-order valence-corrected chi connectivity index (χ4v) is 1.58. The summed E-state index contributed by atoms with van der Waals surface area (Å²) in [5.74, 6) is 0. The van der Waals surface area contributed by atoms with Crippen LogP contribution in [0.25, 0.3) is 0 Å².